The van der Waals surface area contributed by atoms with Gasteiger partial charge < -0.3 is 0 Å². The molecule has 1 heterocycles. The lowest BCUT2D eigenvalue weighted by Gasteiger charge is -2.03. The molecule has 0 aliphatic heterocycles. The summed E-state index contributed by atoms with van der Waals surface area (Å²) in [5.41, 5.74) is 1.74. The first-order valence-electron chi connectivity index (χ1n) is 4.08. The van der Waals surface area contributed by atoms with Crippen LogP contribution in [0, 0.1) is 0 Å². The second kappa shape index (κ2) is 3.60. The SMILES string of the molecule is C=Cc1c(Cl)cnc2ccc(Cl)cc12. The molecule has 0 saturated heterocycles. The van der Waals surface area contributed by atoms with Crippen molar-refractivity contribution in [3.63, 3.8) is 0 Å². The molecule has 0 radical (unpaired) electrons. The molecular formula is C11H7Cl2N. The van der Waals surface area contributed by atoms with Crippen LogP contribution in [0.4, 0.5) is 0 Å². The van der Waals surface area contributed by atoms with Crippen molar-refractivity contribution in [2.45, 2.75) is 0 Å². The Labute approximate surface area is 92.0 Å². The normalized spacial score (nSPS) is 10.4. The van der Waals surface area contributed by atoms with Crippen LogP contribution in [-0.2, 0) is 0 Å². The van der Waals surface area contributed by atoms with Gasteiger partial charge in [-0.05, 0) is 18.2 Å². The molecular weight excluding hydrogens is 217 g/mol. The number of aromatic nitrogens is 1. The summed E-state index contributed by atoms with van der Waals surface area (Å²) in [6.45, 7) is 3.72. The fourth-order valence-electron chi connectivity index (χ4n) is 1.37. The van der Waals surface area contributed by atoms with Crippen LogP contribution in [0.25, 0.3) is 17.0 Å². The number of hydrogen-bond acceptors (Lipinski definition) is 1. The summed E-state index contributed by atoms with van der Waals surface area (Å²) in [7, 11) is 0. The van der Waals surface area contributed by atoms with Crippen molar-refractivity contribution in [3.05, 3.63) is 46.6 Å². The Balaban J connectivity index is 2.91. The topological polar surface area (TPSA) is 12.9 Å². The smallest absolute Gasteiger partial charge is 0.0710 e. The van der Waals surface area contributed by atoms with Crippen molar-refractivity contribution in [2.24, 2.45) is 0 Å². The Morgan fingerprint density at radius 2 is 2.07 bits per heavy atom. The maximum absolute atomic E-state index is 5.98. The van der Waals surface area contributed by atoms with Gasteiger partial charge in [0.05, 0.1) is 10.5 Å². The number of halogens is 2. The summed E-state index contributed by atoms with van der Waals surface area (Å²) in [5.74, 6) is 0. The molecule has 3 heteroatoms. The van der Waals surface area contributed by atoms with E-state index >= 15 is 0 Å². The van der Waals surface area contributed by atoms with Crippen molar-refractivity contribution in [3.8, 4) is 0 Å². The number of benzene rings is 1. The molecule has 0 atom stereocenters. The molecule has 0 saturated carbocycles. The van der Waals surface area contributed by atoms with Gasteiger partial charge in [0.1, 0.15) is 0 Å². The first-order valence-corrected chi connectivity index (χ1v) is 4.84. The second-order valence-electron chi connectivity index (χ2n) is 2.89. The average molecular weight is 224 g/mol. The van der Waals surface area contributed by atoms with Crippen LogP contribution >= 0.6 is 23.2 Å². The van der Waals surface area contributed by atoms with Gasteiger partial charge in [0, 0.05) is 22.2 Å². The lowest BCUT2D eigenvalue weighted by molar-refractivity contribution is 1.41. The fraction of sp³-hybridized carbons (Fsp3) is 0. The Kier molecular flexibility index (Phi) is 2.44. The molecule has 0 spiro atoms. The maximum atomic E-state index is 5.98. The lowest BCUT2D eigenvalue weighted by atomic mass is 10.1. The summed E-state index contributed by atoms with van der Waals surface area (Å²) < 4.78 is 0. The van der Waals surface area contributed by atoms with E-state index in [1.165, 1.54) is 0 Å². The van der Waals surface area contributed by atoms with Crippen LogP contribution < -0.4 is 0 Å². The van der Waals surface area contributed by atoms with Crippen LogP contribution in [0.5, 0.6) is 0 Å². The fourth-order valence-corrected chi connectivity index (χ4v) is 1.77. The molecule has 0 aliphatic rings. The van der Waals surface area contributed by atoms with Gasteiger partial charge >= 0.3 is 0 Å². The lowest BCUT2D eigenvalue weighted by Crippen LogP contribution is -1.84. The minimum Gasteiger partial charge on any atom is -0.255 e. The molecule has 0 aliphatic carbocycles. The minimum absolute atomic E-state index is 0.592. The predicted molar refractivity (Wildman–Crippen MR) is 61.9 cm³/mol. The summed E-state index contributed by atoms with van der Waals surface area (Å²) >= 11 is 11.9. The van der Waals surface area contributed by atoms with E-state index in [2.05, 4.69) is 11.6 Å². The highest BCUT2D eigenvalue weighted by Crippen LogP contribution is 2.27. The van der Waals surface area contributed by atoms with E-state index < -0.39 is 0 Å². The van der Waals surface area contributed by atoms with E-state index in [9.17, 15) is 0 Å². The van der Waals surface area contributed by atoms with Gasteiger partial charge in [0.2, 0.25) is 0 Å². The zero-order valence-corrected chi connectivity index (χ0v) is 8.81. The van der Waals surface area contributed by atoms with Gasteiger partial charge in [0.15, 0.2) is 0 Å². The Bertz CT molecular complexity index is 501. The van der Waals surface area contributed by atoms with Crippen LogP contribution in [-0.4, -0.2) is 4.98 Å². The Morgan fingerprint density at radius 3 is 2.79 bits per heavy atom. The van der Waals surface area contributed by atoms with E-state index in [0.29, 0.717) is 10.0 Å². The van der Waals surface area contributed by atoms with Crippen molar-refractivity contribution in [1.82, 2.24) is 4.98 Å². The first-order chi connectivity index (χ1) is 6.72. The summed E-state index contributed by atoms with van der Waals surface area (Å²) in [4.78, 5) is 4.19. The van der Waals surface area contributed by atoms with Gasteiger partial charge in [-0.2, -0.15) is 0 Å². The Morgan fingerprint density at radius 1 is 1.29 bits per heavy atom. The van der Waals surface area contributed by atoms with Crippen molar-refractivity contribution >= 4 is 40.2 Å². The molecule has 2 aromatic rings. The highest BCUT2D eigenvalue weighted by atomic mass is 35.5. The third-order valence-electron chi connectivity index (χ3n) is 2.03. The van der Waals surface area contributed by atoms with E-state index in [-0.39, 0.29) is 0 Å². The molecule has 1 nitrogen and oxygen atoms in total. The predicted octanol–water partition coefficient (Wildman–Crippen LogP) is 4.18. The number of fused-ring (bicyclic) bond motifs is 1. The standard InChI is InChI=1S/C11H7Cl2N/c1-2-8-9-5-7(12)3-4-11(9)14-6-10(8)13/h2-6H,1H2. The number of nitrogens with zero attached hydrogens (tertiary/aromatic N) is 1. The van der Waals surface area contributed by atoms with Crippen molar-refractivity contribution in [2.75, 3.05) is 0 Å². The maximum Gasteiger partial charge on any atom is 0.0710 e. The highest BCUT2D eigenvalue weighted by Gasteiger charge is 2.04. The van der Waals surface area contributed by atoms with Crippen LogP contribution in [0.15, 0.2) is 31.0 Å². The molecule has 1 aromatic carbocycles. The van der Waals surface area contributed by atoms with E-state index in [1.54, 1.807) is 18.3 Å². The van der Waals surface area contributed by atoms with Crippen LogP contribution in [0.1, 0.15) is 5.56 Å². The zero-order chi connectivity index (χ0) is 10.1. The molecule has 0 N–H and O–H groups in total. The van der Waals surface area contributed by atoms with E-state index in [1.807, 2.05) is 12.1 Å². The van der Waals surface area contributed by atoms with Crippen molar-refractivity contribution in [1.29, 1.82) is 0 Å². The number of pyridine rings is 1. The largest absolute Gasteiger partial charge is 0.255 e. The van der Waals surface area contributed by atoms with Gasteiger partial charge in [-0.3, -0.25) is 4.98 Å². The number of rotatable bonds is 1. The molecule has 0 unspecified atom stereocenters. The molecule has 0 fully saturated rings. The minimum atomic E-state index is 0.592. The van der Waals surface area contributed by atoms with Gasteiger partial charge in [-0.15, -0.1) is 0 Å². The van der Waals surface area contributed by atoms with Crippen LogP contribution in [0.3, 0.4) is 0 Å². The van der Waals surface area contributed by atoms with E-state index in [0.717, 1.165) is 16.5 Å². The molecule has 0 amide bonds. The number of hydrogen-bond donors (Lipinski definition) is 0. The summed E-state index contributed by atoms with van der Waals surface area (Å²) in [6.07, 6.45) is 3.33. The van der Waals surface area contributed by atoms with Gasteiger partial charge in [-0.25, -0.2) is 0 Å². The van der Waals surface area contributed by atoms with Crippen LogP contribution in [0.2, 0.25) is 10.0 Å². The van der Waals surface area contributed by atoms with Gasteiger partial charge in [-0.1, -0.05) is 35.9 Å². The zero-order valence-electron chi connectivity index (χ0n) is 7.30. The molecule has 2 rings (SSSR count). The summed E-state index contributed by atoms with van der Waals surface area (Å²) in [6, 6.07) is 5.51. The molecule has 14 heavy (non-hydrogen) atoms. The van der Waals surface area contributed by atoms with Gasteiger partial charge in [0.25, 0.3) is 0 Å². The molecule has 1 aromatic heterocycles. The Hall–Kier alpha value is -1.05. The second-order valence-corrected chi connectivity index (χ2v) is 3.73. The van der Waals surface area contributed by atoms with E-state index in [4.69, 9.17) is 23.2 Å². The quantitative estimate of drug-likeness (QED) is 0.707. The monoisotopic (exact) mass is 223 g/mol. The van der Waals surface area contributed by atoms with Crippen molar-refractivity contribution < 1.29 is 0 Å². The molecule has 0 bridgehead atoms. The average Bonchev–Trinajstić information content (AvgIpc) is 2.17. The third-order valence-corrected chi connectivity index (χ3v) is 2.56. The first kappa shape index (κ1) is 9.50. The third kappa shape index (κ3) is 1.49. The highest BCUT2D eigenvalue weighted by molar-refractivity contribution is 6.34. The molecule has 70 valence electrons. The summed E-state index contributed by atoms with van der Waals surface area (Å²) in [5, 5.41) is 2.19.